The second-order valence-corrected chi connectivity index (χ2v) is 11.6. The van der Waals surface area contributed by atoms with Crippen LogP contribution in [-0.4, -0.2) is 63.5 Å². The van der Waals surface area contributed by atoms with Gasteiger partial charge >= 0.3 is 23.9 Å². The van der Waals surface area contributed by atoms with Gasteiger partial charge in [-0.15, -0.1) is 12.8 Å². The van der Waals surface area contributed by atoms with E-state index in [-0.39, 0.29) is 114 Å². The van der Waals surface area contributed by atoms with Crippen LogP contribution in [0.25, 0.3) is 12.2 Å². The number of carbonyl (C=O) groups excluding carboxylic acids is 4. The summed E-state index contributed by atoms with van der Waals surface area (Å²) in [5, 5.41) is 0. The third-order valence-electron chi connectivity index (χ3n) is 6.70. The summed E-state index contributed by atoms with van der Waals surface area (Å²) < 4.78 is 32.6. The molecule has 52 heavy (non-hydrogen) atoms. The van der Waals surface area contributed by atoms with Crippen molar-refractivity contribution in [3.05, 3.63) is 120 Å². The van der Waals surface area contributed by atoms with Gasteiger partial charge in [-0.1, -0.05) is 62.7 Å². The molecule has 0 aliphatic rings. The maximum atomic E-state index is 11.8. The quantitative estimate of drug-likeness (QED) is 0.0402. The van der Waals surface area contributed by atoms with E-state index in [9.17, 15) is 19.2 Å². The summed E-state index contributed by atoms with van der Waals surface area (Å²) in [5.74, 6) is 0.573. The molecule has 0 atom stereocenters. The van der Waals surface area contributed by atoms with E-state index in [0.29, 0.717) is 49.4 Å². The van der Waals surface area contributed by atoms with Crippen LogP contribution in [0.3, 0.4) is 0 Å². The van der Waals surface area contributed by atoms with Crippen LogP contribution in [-0.2, 0) is 104 Å². The largest absolute Gasteiger partial charge is 0.496 e. The fourth-order valence-electron chi connectivity index (χ4n) is 3.70. The van der Waals surface area contributed by atoms with Crippen molar-refractivity contribution in [3.8, 4) is 11.5 Å². The molecule has 0 saturated carbocycles. The normalized spacial score (nSPS) is 10.3. The molecule has 0 N–H and O–H groups in total. The van der Waals surface area contributed by atoms with Crippen LogP contribution in [0.4, 0.5) is 0 Å². The van der Waals surface area contributed by atoms with Crippen molar-refractivity contribution in [1.82, 2.24) is 0 Å². The third kappa shape index (κ3) is 20.2. The third-order valence-corrected chi connectivity index (χ3v) is 6.70. The van der Waals surface area contributed by atoms with Gasteiger partial charge in [-0.2, -0.15) is 0 Å². The van der Waals surface area contributed by atoms with Crippen LogP contribution in [0.1, 0.15) is 51.7 Å². The summed E-state index contributed by atoms with van der Waals surface area (Å²) in [6.07, 6.45) is 4.75. The van der Waals surface area contributed by atoms with Crippen LogP contribution >= 0.6 is 0 Å². The Bertz CT molecular complexity index is 1370. The Balaban J connectivity index is 0.0000130. The second-order valence-electron chi connectivity index (χ2n) is 11.6. The number of hydrogen-bond acceptors (Lipinski definition) is 10. The van der Waals surface area contributed by atoms with Gasteiger partial charge in [-0.05, 0) is 89.5 Å². The molecule has 12 heteroatoms. The molecule has 0 unspecified atom stereocenters. The van der Waals surface area contributed by atoms with Gasteiger partial charge in [-0.3, -0.25) is 0 Å². The zero-order valence-corrected chi connectivity index (χ0v) is 36.2. The van der Waals surface area contributed by atoms with E-state index in [1.54, 1.807) is 27.7 Å². The molecule has 2 radical (unpaired) electrons. The monoisotopic (exact) mass is 864 g/mol. The van der Waals surface area contributed by atoms with Crippen LogP contribution < -0.4 is 9.47 Å². The first-order valence-corrected chi connectivity index (χ1v) is 15.9. The summed E-state index contributed by atoms with van der Waals surface area (Å²) >= 11 is 0. The van der Waals surface area contributed by atoms with Crippen molar-refractivity contribution < 1.29 is 113 Å². The summed E-state index contributed by atoms with van der Waals surface area (Å²) in [7, 11) is 0. The molecule has 2 aromatic rings. The van der Waals surface area contributed by atoms with Gasteiger partial charge < -0.3 is 28.4 Å². The van der Waals surface area contributed by atoms with Crippen molar-refractivity contribution in [2.75, 3.05) is 39.6 Å². The zero-order valence-electron chi connectivity index (χ0n) is 30.5. The van der Waals surface area contributed by atoms with Crippen molar-refractivity contribution >= 4 is 36.0 Å². The van der Waals surface area contributed by atoms with Crippen molar-refractivity contribution in [3.63, 3.8) is 0 Å². The number of hydrogen-bond donors (Lipinski definition) is 0. The van der Waals surface area contributed by atoms with Crippen molar-refractivity contribution in [2.45, 2.75) is 40.5 Å². The van der Waals surface area contributed by atoms with Gasteiger partial charge in [0.05, 0.1) is 13.2 Å². The van der Waals surface area contributed by atoms with Crippen LogP contribution in [0, 0.1) is 11.8 Å². The predicted molar refractivity (Wildman–Crippen MR) is 192 cm³/mol. The van der Waals surface area contributed by atoms with E-state index < -0.39 is 23.9 Å². The number of carbonyl (C=O) groups is 4. The minimum atomic E-state index is -0.524. The average molecular weight is 865 g/mol. The molecule has 0 heterocycles. The molecule has 274 valence electrons. The summed E-state index contributed by atoms with van der Waals surface area (Å²) in [5.41, 5.74) is 3.04. The Kier molecular flexibility index (Phi) is 24.9. The van der Waals surface area contributed by atoms with Crippen LogP contribution in [0.2, 0.25) is 0 Å². The van der Waals surface area contributed by atoms with Crippen LogP contribution in [0.5, 0.6) is 11.5 Å². The minimum absolute atomic E-state index is 0. The van der Waals surface area contributed by atoms with Gasteiger partial charge in [0.2, 0.25) is 0 Å². The fraction of sp³-hybridized carbons (Fsp3) is 0.300. The van der Waals surface area contributed by atoms with Crippen LogP contribution in [0.15, 0.2) is 97.1 Å². The maximum absolute atomic E-state index is 11.8. The molecule has 0 saturated heterocycles. The molecular formula is C40H46O10Y2-2. The van der Waals surface area contributed by atoms with Crippen molar-refractivity contribution in [2.24, 2.45) is 0 Å². The van der Waals surface area contributed by atoms with Gasteiger partial charge in [0.15, 0.2) is 0 Å². The topological polar surface area (TPSA) is 124 Å². The SMILES string of the molecule is C=C(C)C(=O)OC[C-](CCOc1ccc(/C=C/c2ccc(OCC[C-](COC(=O)C(=C)C)COC(=O)C(=C)C)cc2)cc1)COC(=O)C(=C)C.[Y].[Y]. The smallest absolute Gasteiger partial charge is 0.330 e. The first-order chi connectivity index (χ1) is 23.7. The first kappa shape index (κ1) is 48.8. The molecule has 0 bridgehead atoms. The van der Waals surface area contributed by atoms with Gasteiger partial charge in [0.1, 0.15) is 11.5 Å². The number of benzene rings is 2. The molecule has 0 spiro atoms. The average Bonchev–Trinajstić information content (AvgIpc) is 3.09. The Morgan fingerprint density at radius 3 is 0.981 bits per heavy atom. The number of ether oxygens (including phenoxy) is 6. The molecule has 0 fully saturated rings. The molecule has 10 nitrogen and oxygen atoms in total. The second kappa shape index (κ2) is 26.6. The maximum Gasteiger partial charge on any atom is 0.330 e. The van der Waals surface area contributed by atoms with Gasteiger partial charge in [0, 0.05) is 87.7 Å². The number of esters is 4. The van der Waals surface area contributed by atoms with Crippen molar-refractivity contribution in [1.29, 1.82) is 0 Å². The molecule has 2 rings (SSSR count). The first-order valence-electron chi connectivity index (χ1n) is 15.9. The van der Waals surface area contributed by atoms with E-state index >= 15 is 0 Å². The predicted octanol–water partition coefficient (Wildman–Crippen LogP) is 7.02. The number of rotatable bonds is 22. The molecule has 0 amide bonds. The van der Waals surface area contributed by atoms with Gasteiger partial charge in [-0.25, -0.2) is 31.0 Å². The van der Waals surface area contributed by atoms with E-state index in [1.807, 2.05) is 60.7 Å². The Morgan fingerprint density at radius 1 is 0.500 bits per heavy atom. The summed E-state index contributed by atoms with van der Waals surface area (Å²) in [4.78, 5) is 47.2. The summed E-state index contributed by atoms with van der Waals surface area (Å²) in [6.45, 7) is 21.0. The summed E-state index contributed by atoms with van der Waals surface area (Å²) in [6, 6.07) is 15.1. The fourth-order valence-corrected chi connectivity index (χ4v) is 3.70. The van der Waals surface area contributed by atoms with E-state index in [4.69, 9.17) is 28.4 Å². The Labute approximate surface area is 357 Å². The minimum Gasteiger partial charge on any atom is -0.496 e. The zero-order chi connectivity index (χ0) is 37.1. The Morgan fingerprint density at radius 2 is 0.750 bits per heavy atom. The molecule has 0 aliphatic heterocycles. The molecular weight excluding hydrogens is 818 g/mol. The van der Waals surface area contributed by atoms with E-state index in [1.165, 1.54) is 0 Å². The Hall–Kier alpha value is -3.17. The van der Waals surface area contributed by atoms with E-state index in [2.05, 4.69) is 26.3 Å². The van der Waals surface area contributed by atoms with Gasteiger partial charge in [0.25, 0.3) is 0 Å². The molecule has 0 aromatic heterocycles. The molecule has 2 aromatic carbocycles. The standard InChI is InChI=1S/C40H46O10.2Y/c1-27(2)37(41)47-23-33(24-48-38(42)28(3)4)19-21-45-35-15-11-31(12-16-35)9-10-32-13-17-36(18-14-32)46-22-20-34(25-49-39(43)29(5)6)26-50-40(44)30(7)8;;/h9-18H,1,3,5,7,19-26H2,2,4,6,8H3;;/q-2;;/b10-9+;;. The molecule has 0 aliphatic carbocycles. The van der Waals surface area contributed by atoms with E-state index in [0.717, 1.165) is 11.1 Å².